The third kappa shape index (κ3) is 5.57. The van der Waals surface area contributed by atoms with Crippen molar-refractivity contribution in [3.8, 4) is 11.1 Å². The number of esters is 1. The first-order chi connectivity index (χ1) is 16.4. The lowest BCUT2D eigenvalue weighted by molar-refractivity contribution is -0.142. The van der Waals surface area contributed by atoms with Gasteiger partial charge in [0.2, 0.25) is 0 Å². The molecule has 0 spiro atoms. The van der Waals surface area contributed by atoms with Gasteiger partial charge in [0, 0.05) is 18.1 Å². The molecule has 1 heterocycles. The minimum atomic E-state index is -0.446. The molecule has 7 heteroatoms. The van der Waals surface area contributed by atoms with Crippen LogP contribution in [0.5, 0.6) is 0 Å². The number of hydrogen-bond acceptors (Lipinski definition) is 4. The largest absolute Gasteiger partial charge is 0.466 e. The van der Waals surface area contributed by atoms with Gasteiger partial charge < -0.3 is 14.4 Å². The van der Waals surface area contributed by atoms with Crippen LogP contribution in [0, 0.1) is 5.82 Å². The van der Waals surface area contributed by atoms with Crippen LogP contribution in [0.15, 0.2) is 60.7 Å². The zero-order valence-electron chi connectivity index (χ0n) is 18.9. The number of ether oxygens (including phenoxy) is 2. The molecule has 176 valence electrons. The average Bonchev–Trinajstić information content (AvgIpc) is 2.83. The molecule has 1 amide bonds. The van der Waals surface area contributed by atoms with Gasteiger partial charge in [0.15, 0.2) is 0 Å². The predicted octanol–water partition coefficient (Wildman–Crippen LogP) is 5.95. The van der Waals surface area contributed by atoms with Gasteiger partial charge in [0.05, 0.1) is 13.0 Å². The number of carbonyl (C=O) groups excluding carboxylic acids is 2. The summed E-state index contributed by atoms with van der Waals surface area (Å²) >= 11 is 6.34. The highest BCUT2D eigenvalue weighted by molar-refractivity contribution is 6.31. The fourth-order valence-electron chi connectivity index (χ4n) is 4.16. The minimum absolute atomic E-state index is 0.0860. The van der Waals surface area contributed by atoms with Crippen molar-refractivity contribution in [3.05, 3.63) is 93.8 Å². The first-order valence-electron chi connectivity index (χ1n) is 11.2. The number of hydrogen-bond donors (Lipinski definition) is 0. The third-order valence-corrected chi connectivity index (χ3v) is 5.96. The Morgan fingerprint density at radius 3 is 2.56 bits per heavy atom. The molecule has 5 nitrogen and oxygen atoms in total. The van der Waals surface area contributed by atoms with Crippen LogP contribution in [0.25, 0.3) is 11.1 Å². The van der Waals surface area contributed by atoms with Gasteiger partial charge in [-0.3, -0.25) is 4.79 Å². The van der Waals surface area contributed by atoms with Gasteiger partial charge >= 0.3 is 12.1 Å². The molecule has 0 saturated carbocycles. The smallest absolute Gasteiger partial charge is 0.410 e. The molecule has 0 aromatic heterocycles. The molecule has 0 unspecified atom stereocenters. The Morgan fingerprint density at radius 1 is 1.00 bits per heavy atom. The molecule has 0 bridgehead atoms. The van der Waals surface area contributed by atoms with Crippen LogP contribution < -0.4 is 0 Å². The second-order valence-corrected chi connectivity index (χ2v) is 8.53. The van der Waals surface area contributed by atoms with E-state index in [2.05, 4.69) is 0 Å². The molecule has 0 saturated heterocycles. The zero-order valence-corrected chi connectivity index (χ0v) is 19.6. The highest BCUT2D eigenvalue weighted by Gasteiger charge is 2.26. The molecular formula is C27H25ClFNO4. The summed E-state index contributed by atoms with van der Waals surface area (Å²) in [4.78, 5) is 26.3. The van der Waals surface area contributed by atoms with E-state index in [1.54, 1.807) is 30.0 Å². The Labute approximate surface area is 203 Å². The summed E-state index contributed by atoms with van der Waals surface area (Å²) in [5.74, 6) is -0.644. The Kier molecular flexibility index (Phi) is 7.48. The van der Waals surface area contributed by atoms with Gasteiger partial charge in [0.1, 0.15) is 12.4 Å². The summed E-state index contributed by atoms with van der Waals surface area (Å²) in [7, 11) is 0. The van der Waals surface area contributed by atoms with Crippen molar-refractivity contribution >= 4 is 23.7 Å². The molecule has 0 atom stereocenters. The number of rotatable bonds is 6. The van der Waals surface area contributed by atoms with Crippen molar-refractivity contribution in [2.75, 3.05) is 13.2 Å². The lowest BCUT2D eigenvalue weighted by atomic mass is 9.90. The quantitative estimate of drug-likeness (QED) is 0.408. The minimum Gasteiger partial charge on any atom is -0.466 e. The first-order valence-corrected chi connectivity index (χ1v) is 11.5. The monoisotopic (exact) mass is 481 g/mol. The molecule has 0 aliphatic carbocycles. The van der Waals surface area contributed by atoms with E-state index in [0.717, 1.165) is 16.7 Å². The molecular weight excluding hydrogens is 457 g/mol. The molecule has 0 radical (unpaired) electrons. The number of halogens is 2. The van der Waals surface area contributed by atoms with Crippen LogP contribution in [-0.2, 0) is 40.3 Å². The van der Waals surface area contributed by atoms with Crippen LogP contribution in [0.2, 0.25) is 5.02 Å². The van der Waals surface area contributed by atoms with Crippen molar-refractivity contribution in [2.24, 2.45) is 0 Å². The molecule has 3 aromatic rings. The molecule has 3 aromatic carbocycles. The topological polar surface area (TPSA) is 55.8 Å². The maximum atomic E-state index is 14.7. The SMILES string of the molecule is CCOC(=O)Cc1cc(Cl)cc(-c2ccc(F)c3c2CN(C(=O)OCc2ccccc2)CC3)c1. The Balaban J connectivity index is 1.58. The third-order valence-electron chi connectivity index (χ3n) is 5.74. The first kappa shape index (κ1) is 23.8. The lowest BCUT2D eigenvalue weighted by Crippen LogP contribution is -2.37. The Morgan fingerprint density at radius 2 is 1.79 bits per heavy atom. The van der Waals surface area contributed by atoms with Crippen LogP contribution >= 0.6 is 11.6 Å². The summed E-state index contributed by atoms with van der Waals surface area (Å²) in [6.45, 7) is 2.81. The van der Waals surface area contributed by atoms with Crippen molar-refractivity contribution in [1.82, 2.24) is 4.90 Å². The number of benzene rings is 3. The van der Waals surface area contributed by atoms with E-state index in [0.29, 0.717) is 41.3 Å². The van der Waals surface area contributed by atoms with E-state index >= 15 is 0 Å². The zero-order chi connectivity index (χ0) is 24.1. The highest BCUT2D eigenvalue weighted by atomic mass is 35.5. The lowest BCUT2D eigenvalue weighted by Gasteiger charge is -2.30. The molecule has 4 rings (SSSR count). The van der Waals surface area contributed by atoms with Crippen LogP contribution in [-0.4, -0.2) is 30.1 Å². The van der Waals surface area contributed by atoms with Gasteiger partial charge in [-0.1, -0.05) is 54.1 Å². The number of amides is 1. The summed E-state index contributed by atoms with van der Waals surface area (Å²) in [6, 6.07) is 17.9. The van der Waals surface area contributed by atoms with Gasteiger partial charge in [-0.05, 0) is 64.9 Å². The maximum Gasteiger partial charge on any atom is 0.410 e. The second kappa shape index (κ2) is 10.7. The fourth-order valence-corrected chi connectivity index (χ4v) is 4.41. The van der Waals surface area contributed by atoms with E-state index < -0.39 is 6.09 Å². The van der Waals surface area contributed by atoms with Crippen molar-refractivity contribution in [2.45, 2.75) is 32.9 Å². The Bertz CT molecular complexity index is 1200. The van der Waals surface area contributed by atoms with Gasteiger partial charge in [-0.25, -0.2) is 9.18 Å². The average molecular weight is 482 g/mol. The molecule has 0 fully saturated rings. The van der Waals surface area contributed by atoms with Gasteiger partial charge in [-0.15, -0.1) is 0 Å². The predicted molar refractivity (Wildman–Crippen MR) is 128 cm³/mol. The molecule has 1 aliphatic rings. The summed E-state index contributed by atoms with van der Waals surface area (Å²) in [6.07, 6.45) is 0.0211. The van der Waals surface area contributed by atoms with Crippen LogP contribution in [0.4, 0.5) is 9.18 Å². The van der Waals surface area contributed by atoms with Crippen LogP contribution in [0.3, 0.4) is 0 Å². The van der Waals surface area contributed by atoms with E-state index in [4.69, 9.17) is 21.1 Å². The normalized spacial score (nSPS) is 12.7. The van der Waals surface area contributed by atoms with E-state index in [1.165, 1.54) is 6.07 Å². The summed E-state index contributed by atoms with van der Waals surface area (Å²) < 4.78 is 25.2. The van der Waals surface area contributed by atoms with Crippen molar-refractivity contribution < 1.29 is 23.5 Å². The number of nitrogens with zero attached hydrogens (tertiary/aromatic N) is 1. The number of fused-ring (bicyclic) bond motifs is 1. The summed E-state index contributed by atoms with van der Waals surface area (Å²) in [5, 5.41) is 0.463. The van der Waals surface area contributed by atoms with Crippen molar-refractivity contribution in [3.63, 3.8) is 0 Å². The van der Waals surface area contributed by atoms with E-state index in [9.17, 15) is 14.0 Å². The van der Waals surface area contributed by atoms with E-state index in [-0.39, 0.29) is 31.4 Å². The molecule has 34 heavy (non-hydrogen) atoms. The fraction of sp³-hybridized carbons (Fsp3) is 0.259. The summed E-state index contributed by atoms with van der Waals surface area (Å²) in [5.41, 5.74) is 4.41. The Hall–Kier alpha value is -3.38. The maximum absolute atomic E-state index is 14.7. The van der Waals surface area contributed by atoms with E-state index in [1.807, 2.05) is 36.4 Å². The molecule has 1 aliphatic heterocycles. The second-order valence-electron chi connectivity index (χ2n) is 8.09. The van der Waals surface area contributed by atoms with Gasteiger partial charge in [-0.2, -0.15) is 0 Å². The molecule has 0 N–H and O–H groups in total. The highest BCUT2D eigenvalue weighted by Crippen LogP contribution is 2.34. The standard InChI is InChI=1S/C27H25ClFNO4/c1-2-33-26(31)14-19-12-20(15-21(28)13-19)22-8-9-25(29)23-10-11-30(16-24(22)23)27(32)34-17-18-6-4-3-5-7-18/h3-9,12-13,15H,2,10-11,14,16-17H2,1H3. The van der Waals surface area contributed by atoms with Crippen LogP contribution in [0.1, 0.15) is 29.2 Å². The van der Waals surface area contributed by atoms with Gasteiger partial charge in [0.25, 0.3) is 0 Å². The van der Waals surface area contributed by atoms with Crippen molar-refractivity contribution in [1.29, 1.82) is 0 Å². The number of carbonyl (C=O) groups is 2.